The maximum absolute atomic E-state index is 13.3. The predicted octanol–water partition coefficient (Wildman–Crippen LogP) is 2.49. The molecule has 5 heteroatoms. The molecule has 1 aromatic heterocycles. The highest BCUT2D eigenvalue weighted by molar-refractivity contribution is 7.91. The van der Waals surface area contributed by atoms with E-state index in [1.54, 1.807) is 6.92 Å². The van der Waals surface area contributed by atoms with Crippen LogP contribution in [0.4, 0.5) is 4.39 Å². The van der Waals surface area contributed by atoms with Gasteiger partial charge in [-0.3, -0.25) is 4.98 Å². The molecule has 1 aromatic rings. The van der Waals surface area contributed by atoms with E-state index in [-0.39, 0.29) is 5.69 Å². The highest BCUT2D eigenvalue weighted by atomic mass is 32.2. The Morgan fingerprint density at radius 3 is 2.62 bits per heavy atom. The molecule has 0 amide bonds. The Hall–Kier alpha value is -0.940. The Balaban J connectivity index is 2.99. The second-order valence-corrected chi connectivity index (χ2v) is 6.28. The molecule has 0 N–H and O–H groups in total. The van der Waals surface area contributed by atoms with Gasteiger partial charge < -0.3 is 4.55 Å². The number of pyridine rings is 1. The van der Waals surface area contributed by atoms with Gasteiger partial charge in [-0.05, 0) is 39.8 Å². The molecule has 0 spiro atoms. The fraction of sp³-hybridized carbons (Fsp3) is 0.455. The average Bonchev–Trinajstić information content (AvgIpc) is 2.16. The number of nitrogens with zero attached hydrogens (tertiary/aromatic N) is 2. The largest absolute Gasteiger partial charge is 0.591 e. The summed E-state index contributed by atoms with van der Waals surface area (Å²) in [7, 11) is 0. The molecule has 0 aliphatic heterocycles. The quantitative estimate of drug-likeness (QED) is 0.591. The van der Waals surface area contributed by atoms with Crippen molar-refractivity contribution in [2.75, 3.05) is 0 Å². The normalized spacial score (nSPS) is 15.0. The van der Waals surface area contributed by atoms with E-state index in [4.69, 9.17) is 0 Å². The molecule has 0 unspecified atom stereocenters. The van der Waals surface area contributed by atoms with E-state index < -0.39 is 21.9 Å². The highest BCUT2D eigenvalue weighted by Crippen LogP contribution is 2.18. The van der Waals surface area contributed by atoms with Crippen LogP contribution in [0.15, 0.2) is 22.7 Å². The monoisotopic (exact) mass is 242 g/mol. The number of aromatic nitrogens is 1. The SMILES string of the molecule is C/C(=N\[S@@+]([O-])C(C)(C)C)c1ncccc1F. The van der Waals surface area contributed by atoms with Gasteiger partial charge in [0.25, 0.3) is 0 Å². The summed E-state index contributed by atoms with van der Waals surface area (Å²) >= 11 is -1.39. The first kappa shape index (κ1) is 13.1. The van der Waals surface area contributed by atoms with E-state index in [9.17, 15) is 8.94 Å². The molecule has 1 heterocycles. The van der Waals surface area contributed by atoms with Crippen molar-refractivity contribution in [3.05, 3.63) is 29.8 Å². The van der Waals surface area contributed by atoms with Gasteiger partial charge in [-0.25, -0.2) is 4.39 Å². The lowest BCUT2D eigenvalue weighted by Crippen LogP contribution is -2.27. The number of rotatable bonds is 2. The molecule has 0 aliphatic rings. The van der Waals surface area contributed by atoms with Gasteiger partial charge >= 0.3 is 0 Å². The molecule has 0 saturated carbocycles. The fourth-order valence-electron chi connectivity index (χ4n) is 0.956. The van der Waals surface area contributed by atoms with Gasteiger partial charge in [-0.1, -0.05) is 4.40 Å². The van der Waals surface area contributed by atoms with Crippen LogP contribution in [0.5, 0.6) is 0 Å². The minimum Gasteiger partial charge on any atom is -0.591 e. The summed E-state index contributed by atoms with van der Waals surface area (Å²) in [6.07, 6.45) is 1.48. The summed E-state index contributed by atoms with van der Waals surface area (Å²) < 4.78 is 28.6. The van der Waals surface area contributed by atoms with Crippen molar-refractivity contribution >= 4 is 17.1 Å². The van der Waals surface area contributed by atoms with E-state index in [2.05, 4.69) is 9.38 Å². The molecule has 0 fully saturated rings. The lowest BCUT2D eigenvalue weighted by Gasteiger charge is -2.18. The van der Waals surface area contributed by atoms with Crippen molar-refractivity contribution in [2.24, 2.45) is 4.40 Å². The highest BCUT2D eigenvalue weighted by Gasteiger charge is 2.27. The molecule has 1 rings (SSSR count). The molecule has 0 bridgehead atoms. The van der Waals surface area contributed by atoms with E-state index >= 15 is 0 Å². The topological polar surface area (TPSA) is 48.3 Å². The summed E-state index contributed by atoms with van der Waals surface area (Å²) in [5.74, 6) is -0.449. The zero-order chi connectivity index (χ0) is 12.3. The van der Waals surface area contributed by atoms with Crippen molar-refractivity contribution in [2.45, 2.75) is 32.4 Å². The van der Waals surface area contributed by atoms with Gasteiger partial charge in [0.15, 0.2) is 5.82 Å². The third kappa shape index (κ3) is 3.28. The Morgan fingerprint density at radius 1 is 1.50 bits per heavy atom. The lowest BCUT2D eigenvalue weighted by molar-refractivity contribution is 0.561. The van der Waals surface area contributed by atoms with Gasteiger partial charge in [0.05, 0.1) is 0 Å². The van der Waals surface area contributed by atoms with Crippen LogP contribution < -0.4 is 0 Å². The summed E-state index contributed by atoms with van der Waals surface area (Å²) in [4.78, 5) is 3.87. The summed E-state index contributed by atoms with van der Waals surface area (Å²) in [6, 6.07) is 2.81. The van der Waals surface area contributed by atoms with Crippen LogP contribution in [0, 0.1) is 5.82 Å². The van der Waals surface area contributed by atoms with Crippen molar-refractivity contribution in [1.82, 2.24) is 4.98 Å². The van der Waals surface area contributed by atoms with Crippen molar-refractivity contribution < 1.29 is 8.94 Å². The minimum atomic E-state index is -1.39. The number of hydrogen-bond donors (Lipinski definition) is 0. The maximum atomic E-state index is 13.3. The van der Waals surface area contributed by atoms with Crippen molar-refractivity contribution in [3.8, 4) is 0 Å². The van der Waals surface area contributed by atoms with Gasteiger partial charge in [0, 0.05) is 6.20 Å². The summed E-state index contributed by atoms with van der Waals surface area (Å²) in [5.41, 5.74) is 0.506. The second kappa shape index (κ2) is 4.93. The van der Waals surface area contributed by atoms with E-state index in [1.807, 2.05) is 20.8 Å². The van der Waals surface area contributed by atoms with Crippen LogP contribution >= 0.6 is 0 Å². The third-order valence-electron chi connectivity index (χ3n) is 1.84. The molecule has 1 atom stereocenters. The standard InChI is InChI=1S/C11H15FN2OS/c1-8(14-16(15)11(2,3)4)10-9(12)6-5-7-13-10/h5-7H,1-4H3/b14-8+/t16-/m0/s1. The van der Waals surface area contributed by atoms with Crippen LogP contribution in [-0.2, 0) is 11.4 Å². The van der Waals surface area contributed by atoms with E-state index in [0.29, 0.717) is 5.71 Å². The summed E-state index contributed by atoms with van der Waals surface area (Å²) in [5, 5.41) is 0. The molecule has 0 aromatic carbocycles. The molecular formula is C11H15FN2OS. The molecule has 0 radical (unpaired) electrons. The van der Waals surface area contributed by atoms with Gasteiger partial charge in [-0.15, -0.1) is 0 Å². The molecule has 0 aliphatic carbocycles. The minimum absolute atomic E-state index is 0.153. The smallest absolute Gasteiger partial charge is 0.150 e. The maximum Gasteiger partial charge on any atom is 0.150 e. The Bertz CT molecular complexity index is 401. The van der Waals surface area contributed by atoms with Gasteiger partial charge in [0.1, 0.15) is 27.5 Å². The van der Waals surface area contributed by atoms with Crippen molar-refractivity contribution in [1.29, 1.82) is 0 Å². The molecule has 0 saturated heterocycles. The van der Waals surface area contributed by atoms with Crippen LogP contribution in [-0.4, -0.2) is 20.0 Å². The van der Waals surface area contributed by atoms with Crippen LogP contribution in [0.3, 0.4) is 0 Å². The Labute approximate surface area is 98.1 Å². The summed E-state index contributed by atoms with van der Waals surface area (Å²) in [6.45, 7) is 7.05. The van der Waals surface area contributed by atoms with E-state index in [1.165, 1.54) is 18.3 Å². The Kier molecular flexibility index (Phi) is 4.04. The van der Waals surface area contributed by atoms with Crippen LogP contribution in [0.1, 0.15) is 33.4 Å². The van der Waals surface area contributed by atoms with Gasteiger partial charge in [-0.2, -0.15) is 0 Å². The first-order valence-electron chi connectivity index (χ1n) is 4.90. The molecule has 16 heavy (non-hydrogen) atoms. The molecule has 3 nitrogen and oxygen atoms in total. The van der Waals surface area contributed by atoms with Crippen LogP contribution in [0.2, 0.25) is 0 Å². The first-order chi connectivity index (χ1) is 7.32. The third-order valence-corrected chi connectivity index (χ3v) is 3.33. The van der Waals surface area contributed by atoms with E-state index in [0.717, 1.165) is 0 Å². The molecule has 88 valence electrons. The first-order valence-corrected chi connectivity index (χ1v) is 6.01. The zero-order valence-corrected chi connectivity index (χ0v) is 10.6. The number of hydrogen-bond acceptors (Lipinski definition) is 3. The lowest BCUT2D eigenvalue weighted by atomic mass is 10.2. The Morgan fingerprint density at radius 2 is 2.12 bits per heavy atom. The van der Waals surface area contributed by atoms with Crippen LogP contribution in [0.25, 0.3) is 0 Å². The second-order valence-electron chi connectivity index (χ2n) is 4.37. The molecular weight excluding hydrogens is 227 g/mol. The van der Waals surface area contributed by atoms with Gasteiger partial charge in [0.2, 0.25) is 0 Å². The fourth-order valence-corrected chi connectivity index (χ4v) is 1.57. The van der Waals surface area contributed by atoms with Crippen molar-refractivity contribution in [3.63, 3.8) is 0 Å². The number of halogens is 1. The predicted molar refractivity (Wildman–Crippen MR) is 64.3 cm³/mol. The zero-order valence-electron chi connectivity index (χ0n) is 9.82. The average molecular weight is 242 g/mol.